The van der Waals surface area contributed by atoms with Crippen LogP contribution in [0.5, 0.6) is 0 Å². The molecular weight excluding hydrogens is 355 g/mol. The van der Waals surface area contributed by atoms with Gasteiger partial charge in [0, 0.05) is 31.5 Å². The Bertz CT molecular complexity index is 860. The number of pyridine rings is 3. The zero-order chi connectivity index (χ0) is 19.6. The van der Waals surface area contributed by atoms with Gasteiger partial charge in [-0.3, -0.25) is 19.9 Å². The summed E-state index contributed by atoms with van der Waals surface area (Å²) in [7, 11) is 0. The summed E-state index contributed by atoms with van der Waals surface area (Å²) in [4.78, 5) is 16.0. The van der Waals surface area contributed by atoms with E-state index in [0.29, 0.717) is 19.6 Å². The normalized spacial score (nSPS) is 11.1. The minimum Gasteiger partial charge on any atom is -0.344 e. The fraction of sp³-hybridized carbons (Fsp3) is 0.318. The van der Waals surface area contributed by atoms with Gasteiger partial charge in [-0.05, 0) is 42.8 Å². The smallest absolute Gasteiger partial charge is 0.188 e. The Hall–Kier alpha value is -2.70. The van der Waals surface area contributed by atoms with Crippen molar-refractivity contribution in [1.82, 2.24) is 19.9 Å². The topological polar surface area (TPSA) is 51.1 Å². The third-order valence-electron chi connectivity index (χ3n) is 4.30. The molecule has 0 bridgehead atoms. The third kappa shape index (κ3) is 6.18. The maximum Gasteiger partial charge on any atom is 0.188 e. The van der Waals surface area contributed by atoms with E-state index < -0.39 is 6.86 Å². The molecule has 0 amide bonds. The van der Waals surface area contributed by atoms with E-state index in [1.165, 1.54) is 0 Å². The Morgan fingerprint density at radius 2 is 1.39 bits per heavy atom. The molecule has 3 aromatic heterocycles. The molecule has 0 spiro atoms. The monoisotopic (exact) mass is 380 g/mol. The first-order valence-electron chi connectivity index (χ1n) is 9.42. The second-order valence-corrected chi connectivity index (χ2v) is 6.52. The van der Waals surface area contributed by atoms with E-state index in [2.05, 4.69) is 21.8 Å². The Labute approximate surface area is 165 Å². The highest BCUT2D eigenvalue weighted by Gasteiger charge is 2.12. The number of aromatic nitrogens is 3. The molecule has 0 aliphatic heterocycles. The molecule has 3 rings (SSSR count). The number of nitrogens with zero attached hydrogens (tertiary/aromatic N) is 4. The first-order valence-corrected chi connectivity index (χ1v) is 9.42. The lowest BCUT2D eigenvalue weighted by atomic mass is 10.2. The molecule has 0 saturated carbocycles. The van der Waals surface area contributed by atoms with Crippen LogP contribution in [-0.2, 0) is 37.4 Å². The van der Waals surface area contributed by atoms with E-state index in [1.807, 2.05) is 54.6 Å². The molecule has 0 radical (unpaired) electrons. The number of ether oxygens (including phenoxy) is 1. The molecule has 0 aromatic carbocycles. The molecule has 0 unspecified atom stereocenters. The first-order chi connectivity index (χ1) is 13.8. The SMILES string of the molecule is CCc1cccc(CN(Cc2ccccn2)Cc2cccc(COCF)n2)n1. The molecule has 5 nitrogen and oxygen atoms in total. The lowest BCUT2D eigenvalue weighted by molar-refractivity contribution is 0.0443. The number of alkyl halides is 1. The van der Waals surface area contributed by atoms with Crippen LogP contribution >= 0.6 is 0 Å². The molecule has 0 aliphatic carbocycles. The van der Waals surface area contributed by atoms with Crippen molar-refractivity contribution in [3.63, 3.8) is 0 Å². The predicted molar refractivity (Wildman–Crippen MR) is 106 cm³/mol. The molecule has 0 fully saturated rings. The highest BCUT2D eigenvalue weighted by Crippen LogP contribution is 2.13. The summed E-state index contributed by atoms with van der Waals surface area (Å²) < 4.78 is 17.1. The van der Waals surface area contributed by atoms with Crippen LogP contribution in [0.2, 0.25) is 0 Å². The summed E-state index contributed by atoms with van der Waals surface area (Å²) in [6, 6.07) is 17.8. The molecule has 28 heavy (non-hydrogen) atoms. The van der Waals surface area contributed by atoms with Crippen molar-refractivity contribution >= 4 is 0 Å². The van der Waals surface area contributed by atoms with Crippen molar-refractivity contribution in [3.05, 3.63) is 89.3 Å². The van der Waals surface area contributed by atoms with Gasteiger partial charge in [0.15, 0.2) is 6.86 Å². The highest BCUT2D eigenvalue weighted by atomic mass is 19.1. The average Bonchev–Trinajstić information content (AvgIpc) is 2.73. The van der Waals surface area contributed by atoms with Crippen molar-refractivity contribution in [2.45, 2.75) is 39.6 Å². The van der Waals surface area contributed by atoms with E-state index >= 15 is 0 Å². The van der Waals surface area contributed by atoms with E-state index in [4.69, 9.17) is 9.72 Å². The summed E-state index contributed by atoms with van der Waals surface area (Å²) in [5, 5.41) is 0. The van der Waals surface area contributed by atoms with Gasteiger partial charge in [0.05, 0.1) is 29.4 Å². The zero-order valence-corrected chi connectivity index (χ0v) is 16.1. The van der Waals surface area contributed by atoms with Gasteiger partial charge < -0.3 is 4.74 Å². The van der Waals surface area contributed by atoms with E-state index in [1.54, 1.807) is 6.20 Å². The number of hydrogen-bond acceptors (Lipinski definition) is 5. The standard InChI is InChI=1S/C22H25FN4O/c1-2-18-8-5-9-20(25-18)14-27(13-19-7-3-4-12-24-19)15-21-10-6-11-22(26-21)16-28-17-23/h3-12H,2,13-17H2,1H3. The Morgan fingerprint density at radius 1 is 0.786 bits per heavy atom. The van der Waals surface area contributed by atoms with Crippen LogP contribution < -0.4 is 0 Å². The molecule has 0 saturated heterocycles. The minimum atomic E-state index is -0.808. The largest absolute Gasteiger partial charge is 0.344 e. The summed E-state index contributed by atoms with van der Waals surface area (Å²) in [6.45, 7) is 3.48. The predicted octanol–water partition coefficient (Wildman–Crippen LogP) is 4.08. The second kappa shape index (κ2) is 10.6. The van der Waals surface area contributed by atoms with Crippen LogP contribution in [0.3, 0.4) is 0 Å². The summed E-state index contributed by atoms with van der Waals surface area (Å²) in [5.74, 6) is 0. The van der Waals surface area contributed by atoms with Gasteiger partial charge in [0.1, 0.15) is 0 Å². The number of hydrogen-bond donors (Lipinski definition) is 0. The minimum absolute atomic E-state index is 0.171. The van der Waals surface area contributed by atoms with Crippen molar-refractivity contribution in [3.8, 4) is 0 Å². The van der Waals surface area contributed by atoms with Crippen molar-refractivity contribution in [2.75, 3.05) is 6.86 Å². The van der Waals surface area contributed by atoms with Gasteiger partial charge in [-0.15, -0.1) is 0 Å². The van der Waals surface area contributed by atoms with Gasteiger partial charge in [0.25, 0.3) is 0 Å². The van der Waals surface area contributed by atoms with Crippen LogP contribution in [0.15, 0.2) is 60.8 Å². The maximum absolute atomic E-state index is 12.3. The zero-order valence-electron chi connectivity index (χ0n) is 16.1. The molecular formula is C22H25FN4O. The summed E-state index contributed by atoms with van der Waals surface area (Å²) >= 11 is 0. The van der Waals surface area contributed by atoms with Crippen LogP contribution in [0.25, 0.3) is 0 Å². The van der Waals surface area contributed by atoms with Crippen LogP contribution in [0.1, 0.15) is 35.4 Å². The molecule has 6 heteroatoms. The molecule has 146 valence electrons. The summed E-state index contributed by atoms with van der Waals surface area (Å²) in [5.41, 5.74) is 4.72. The number of halogens is 1. The van der Waals surface area contributed by atoms with Gasteiger partial charge in [0.2, 0.25) is 0 Å². The molecule has 3 heterocycles. The second-order valence-electron chi connectivity index (χ2n) is 6.52. The van der Waals surface area contributed by atoms with E-state index in [0.717, 1.165) is 34.9 Å². The highest BCUT2D eigenvalue weighted by molar-refractivity contribution is 5.14. The van der Waals surface area contributed by atoms with Gasteiger partial charge in [-0.25, -0.2) is 4.39 Å². The van der Waals surface area contributed by atoms with E-state index in [9.17, 15) is 4.39 Å². The Balaban J connectivity index is 1.77. The maximum atomic E-state index is 12.3. The van der Waals surface area contributed by atoms with Gasteiger partial charge in [-0.1, -0.05) is 25.1 Å². The van der Waals surface area contributed by atoms with Crippen molar-refractivity contribution in [2.24, 2.45) is 0 Å². The van der Waals surface area contributed by atoms with Crippen LogP contribution in [0, 0.1) is 0 Å². The first kappa shape index (κ1) is 20.0. The lowest BCUT2D eigenvalue weighted by Crippen LogP contribution is -2.24. The van der Waals surface area contributed by atoms with Gasteiger partial charge >= 0.3 is 0 Å². The fourth-order valence-corrected chi connectivity index (χ4v) is 3.00. The third-order valence-corrected chi connectivity index (χ3v) is 4.30. The molecule has 0 atom stereocenters. The Kier molecular flexibility index (Phi) is 7.58. The van der Waals surface area contributed by atoms with Crippen molar-refractivity contribution < 1.29 is 9.13 Å². The fourth-order valence-electron chi connectivity index (χ4n) is 3.00. The summed E-state index contributed by atoms with van der Waals surface area (Å²) in [6.07, 6.45) is 2.71. The average molecular weight is 380 g/mol. The van der Waals surface area contributed by atoms with Gasteiger partial charge in [-0.2, -0.15) is 0 Å². The van der Waals surface area contributed by atoms with E-state index in [-0.39, 0.29) is 6.61 Å². The molecule has 0 aliphatic rings. The molecule has 0 N–H and O–H groups in total. The lowest BCUT2D eigenvalue weighted by Gasteiger charge is -2.22. The van der Waals surface area contributed by atoms with Crippen LogP contribution in [-0.4, -0.2) is 26.7 Å². The number of rotatable bonds is 10. The Morgan fingerprint density at radius 3 is 2.04 bits per heavy atom. The quantitative estimate of drug-likeness (QED) is 0.530. The van der Waals surface area contributed by atoms with Crippen molar-refractivity contribution in [1.29, 1.82) is 0 Å². The van der Waals surface area contributed by atoms with Crippen LogP contribution in [0.4, 0.5) is 4.39 Å². The number of aryl methyl sites for hydroxylation is 1. The molecule has 3 aromatic rings.